The second-order valence-electron chi connectivity index (χ2n) is 3.77. The van der Waals surface area contributed by atoms with Crippen molar-refractivity contribution >= 4 is 0 Å². The molecule has 1 atom stereocenters. The molecule has 3 aliphatic carbocycles. The lowest BCUT2D eigenvalue weighted by Gasteiger charge is -2.23. The molecular formula is C13H12. The molecule has 0 fully saturated rings. The second kappa shape index (κ2) is 2.59. The largest absolute Gasteiger partial charge is 0.0838 e. The molecule has 0 nitrogen and oxygen atoms in total. The van der Waals surface area contributed by atoms with E-state index < -0.39 is 0 Å². The summed E-state index contributed by atoms with van der Waals surface area (Å²) in [4.78, 5) is 0. The number of fused-ring (bicyclic) bond motifs is 2. The highest BCUT2D eigenvalue weighted by molar-refractivity contribution is 5.54. The first-order chi connectivity index (χ1) is 6.45. The van der Waals surface area contributed by atoms with E-state index in [2.05, 4.69) is 42.5 Å². The quantitative estimate of drug-likeness (QED) is 0.487. The molecule has 0 aliphatic heterocycles. The van der Waals surface area contributed by atoms with Gasteiger partial charge in [-0.05, 0) is 29.6 Å². The molecule has 0 bridgehead atoms. The van der Waals surface area contributed by atoms with Crippen molar-refractivity contribution < 1.29 is 0 Å². The molecule has 3 rings (SSSR count). The van der Waals surface area contributed by atoms with Crippen LogP contribution in [0.15, 0.2) is 59.3 Å². The van der Waals surface area contributed by atoms with E-state index in [4.69, 9.17) is 0 Å². The highest BCUT2D eigenvalue weighted by Crippen LogP contribution is 2.38. The van der Waals surface area contributed by atoms with E-state index in [-0.39, 0.29) is 0 Å². The molecule has 1 unspecified atom stereocenters. The molecule has 0 aromatic heterocycles. The van der Waals surface area contributed by atoms with Gasteiger partial charge in [0.15, 0.2) is 0 Å². The van der Waals surface area contributed by atoms with Gasteiger partial charge in [-0.25, -0.2) is 0 Å². The topological polar surface area (TPSA) is 0 Å². The van der Waals surface area contributed by atoms with E-state index in [0.29, 0.717) is 5.92 Å². The van der Waals surface area contributed by atoms with Crippen LogP contribution < -0.4 is 0 Å². The van der Waals surface area contributed by atoms with Crippen LogP contribution in [0.4, 0.5) is 0 Å². The fraction of sp³-hybridized carbons (Fsp3) is 0.231. The zero-order valence-electron chi connectivity index (χ0n) is 7.53. The summed E-state index contributed by atoms with van der Waals surface area (Å²) in [6.07, 6.45) is 18.2. The van der Waals surface area contributed by atoms with Gasteiger partial charge in [-0.2, -0.15) is 0 Å². The van der Waals surface area contributed by atoms with E-state index in [9.17, 15) is 0 Å². The number of hydrogen-bond acceptors (Lipinski definition) is 0. The van der Waals surface area contributed by atoms with Gasteiger partial charge in [0.2, 0.25) is 0 Å². The summed E-state index contributed by atoms with van der Waals surface area (Å²) in [7, 11) is 0. The maximum Gasteiger partial charge on any atom is 0.0237 e. The van der Waals surface area contributed by atoms with Gasteiger partial charge in [-0.3, -0.25) is 0 Å². The molecule has 0 heterocycles. The minimum absolute atomic E-state index is 0.587. The van der Waals surface area contributed by atoms with Gasteiger partial charge in [0, 0.05) is 5.92 Å². The number of hydrogen-bond donors (Lipinski definition) is 0. The molecule has 0 aromatic carbocycles. The normalized spacial score (nSPS) is 28.9. The third-order valence-corrected chi connectivity index (χ3v) is 3.01. The van der Waals surface area contributed by atoms with Gasteiger partial charge in [-0.1, -0.05) is 42.5 Å². The van der Waals surface area contributed by atoms with E-state index >= 15 is 0 Å². The molecule has 0 N–H and O–H groups in total. The Morgan fingerprint density at radius 1 is 1.08 bits per heavy atom. The van der Waals surface area contributed by atoms with Gasteiger partial charge in [0.05, 0.1) is 0 Å². The van der Waals surface area contributed by atoms with Crippen LogP contribution in [0.5, 0.6) is 0 Å². The van der Waals surface area contributed by atoms with Crippen molar-refractivity contribution in [1.29, 1.82) is 0 Å². The van der Waals surface area contributed by atoms with Crippen molar-refractivity contribution in [3.8, 4) is 0 Å². The van der Waals surface area contributed by atoms with Gasteiger partial charge in [-0.15, -0.1) is 0 Å². The summed E-state index contributed by atoms with van der Waals surface area (Å²) in [5.41, 5.74) is 4.52. The Kier molecular flexibility index (Phi) is 1.42. The summed E-state index contributed by atoms with van der Waals surface area (Å²) < 4.78 is 0. The van der Waals surface area contributed by atoms with Crippen molar-refractivity contribution in [2.75, 3.05) is 0 Å². The van der Waals surface area contributed by atoms with E-state index in [0.717, 1.165) is 12.8 Å². The summed E-state index contributed by atoms with van der Waals surface area (Å²) >= 11 is 0. The van der Waals surface area contributed by atoms with Gasteiger partial charge >= 0.3 is 0 Å². The van der Waals surface area contributed by atoms with Crippen LogP contribution in [-0.2, 0) is 0 Å². The summed E-state index contributed by atoms with van der Waals surface area (Å²) in [5.74, 6) is 0.587. The lowest BCUT2D eigenvalue weighted by molar-refractivity contribution is 0.851. The minimum Gasteiger partial charge on any atom is -0.0838 e. The van der Waals surface area contributed by atoms with Crippen LogP contribution in [-0.4, -0.2) is 0 Å². The Morgan fingerprint density at radius 2 is 2.08 bits per heavy atom. The zero-order valence-corrected chi connectivity index (χ0v) is 7.53. The Labute approximate surface area is 78.7 Å². The SMILES string of the molecule is C1=CC2C(=CC1)C=CC1=C2CC=C1. The van der Waals surface area contributed by atoms with Crippen molar-refractivity contribution in [2.24, 2.45) is 5.92 Å². The van der Waals surface area contributed by atoms with Gasteiger partial charge in [0.25, 0.3) is 0 Å². The molecule has 0 radical (unpaired) electrons. The van der Waals surface area contributed by atoms with Crippen molar-refractivity contribution in [1.82, 2.24) is 0 Å². The minimum atomic E-state index is 0.587. The molecule has 0 saturated carbocycles. The smallest absolute Gasteiger partial charge is 0.0237 e. The predicted molar refractivity (Wildman–Crippen MR) is 55.3 cm³/mol. The third-order valence-electron chi connectivity index (χ3n) is 3.01. The summed E-state index contributed by atoms with van der Waals surface area (Å²) in [5, 5.41) is 0. The van der Waals surface area contributed by atoms with E-state index in [1.54, 1.807) is 5.57 Å². The van der Waals surface area contributed by atoms with Crippen LogP contribution >= 0.6 is 0 Å². The van der Waals surface area contributed by atoms with Crippen molar-refractivity contribution in [3.63, 3.8) is 0 Å². The molecule has 0 heteroatoms. The fourth-order valence-electron chi connectivity index (χ4n) is 2.34. The lowest BCUT2D eigenvalue weighted by atomic mass is 9.81. The molecule has 0 spiro atoms. The third kappa shape index (κ3) is 0.983. The van der Waals surface area contributed by atoms with Crippen molar-refractivity contribution in [3.05, 3.63) is 59.3 Å². The first kappa shape index (κ1) is 7.14. The molecular weight excluding hydrogens is 156 g/mol. The molecule has 0 amide bonds. The first-order valence-electron chi connectivity index (χ1n) is 4.89. The standard InChI is InChI=1S/C13H12/c1-2-6-12-10(4-1)8-9-11-5-3-7-13(11)12/h2-6,8-9,12H,1,7H2. The highest BCUT2D eigenvalue weighted by atomic mass is 14.3. The average molecular weight is 168 g/mol. The first-order valence-corrected chi connectivity index (χ1v) is 4.89. The van der Waals surface area contributed by atoms with Crippen LogP contribution in [0.25, 0.3) is 0 Å². The Balaban J connectivity index is 2.08. The average Bonchev–Trinajstić information content (AvgIpc) is 2.65. The second-order valence-corrected chi connectivity index (χ2v) is 3.77. The summed E-state index contributed by atoms with van der Waals surface area (Å²) in [6, 6.07) is 0. The van der Waals surface area contributed by atoms with Crippen LogP contribution in [0.3, 0.4) is 0 Å². The van der Waals surface area contributed by atoms with Gasteiger partial charge in [0.1, 0.15) is 0 Å². The van der Waals surface area contributed by atoms with Crippen LogP contribution in [0.1, 0.15) is 12.8 Å². The fourth-order valence-corrected chi connectivity index (χ4v) is 2.34. The predicted octanol–water partition coefficient (Wildman–Crippen LogP) is 3.32. The van der Waals surface area contributed by atoms with E-state index in [1.165, 1.54) is 11.1 Å². The zero-order chi connectivity index (χ0) is 8.67. The summed E-state index contributed by atoms with van der Waals surface area (Å²) in [6.45, 7) is 0. The monoisotopic (exact) mass is 168 g/mol. The maximum absolute atomic E-state index is 2.35. The maximum atomic E-state index is 2.35. The highest BCUT2D eigenvalue weighted by Gasteiger charge is 2.22. The van der Waals surface area contributed by atoms with Crippen LogP contribution in [0, 0.1) is 5.92 Å². The van der Waals surface area contributed by atoms with E-state index in [1.807, 2.05) is 0 Å². The lowest BCUT2D eigenvalue weighted by Crippen LogP contribution is -2.09. The van der Waals surface area contributed by atoms with Gasteiger partial charge < -0.3 is 0 Å². The molecule has 64 valence electrons. The Hall–Kier alpha value is -1.30. The molecule has 0 saturated heterocycles. The van der Waals surface area contributed by atoms with Crippen molar-refractivity contribution in [2.45, 2.75) is 12.8 Å². The molecule has 13 heavy (non-hydrogen) atoms. The number of rotatable bonds is 0. The number of allylic oxidation sites excluding steroid dienone is 10. The van der Waals surface area contributed by atoms with Crippen LogP contribution in [0.2, 0.25) is 0 Å². The Morgan fingerprint density at radius 3 is 3.08 bits per heavy atom. The Bertz CT molecular complexity index is 386. The molecule has 3 aliphatic rings. The molecule has 0 aromatic rings.